The molecule has 4 atom stereocenters. The molecule has 0 radical (unpaired) electrons. The Morgan fingerprint density at radius 1 is 1.23 bits per heavy atom. The van der Waals surface area contributed by atoms with Crippen molar-refractivity contribution in [3.63, 3.8) is 0 Å². The summed E-state index contributed by atoms with van der Waals surface area (Å²) >= 11 is 0. The zero-order chi connectivity index (χ0) is 18.4. The number of esters is 1. The first-order valence-corrected chi connectivity index (χ1v) is 9.46. The van der Waals surface area contributed by atoms with E-state index in [1.54, 1.807) is 0 Å². The van der Waals surface area contributed by atoms with E-state index in [1.807, 2.05) is 30.3 Å². The fraction of sp³-hybridized carbons (Fsp3) is 0.600. The molecule has 4 unspecified atom stereocenters. The van der Waals surface area contributed by atoms with E-state index in [-0.39, 0.29) is 6.61 Å². The molecule has 1 aromatic rings. The molecular formula is C20H28N2O4. The van der Waals surface area contributed by atoms with Crippen molar-refractivity contribution >= 4 is 12.1 Å². The van der Waals surface area contributed by atoms with E-state index in [9.17, 15) is 9.59 Å². The molecule has 0 spiro atoms. The van der Waals surface area contributed by atoms with Gasteiger partial charge in [-0.25, -0.2) is 9.59 Å². The molecule has 142 valence electrons. The Morgan fingerprint density at radius 3 is 2.77 bits per heavy atom. The van der Waals surface area contributed by atoms with Gasteiger partial charge in [0.2, 0.25) is 0 Å². The molecule has 1 aliphatic carbocycles. The van der Waals surface area contributed by atoms with E-state index in [0.29, 0.717) is 24.3 Å². The average Bonchev–Trinajstić information content (AvgIpc) is 3.09. The molecule has 26 heavy (non-hydrogen) atoms. The Balaban J connectivity index is 1.54. The lowest BCUT2D eigenvalue weighted by molar-refractivity contribution is -0.143. The monoisotopic (exact) mass is 360 g/mol. The molecule has 1 amide bonds. The Kier molecular flexibility index (Phi) is 6.50. The van der Waals surface area contributed by atoms with Crippen LogP contribution in [0.4, 0.5) is 4.79 Å². The number of hydrogen-bond donors (Lipinski definition) is 2. The Hall–Kier alpha value is -2.08. The molecule has 0 aromatic heterocycles. The van der Waals surface area contributed by atoms with Crippen LogP contribution >= 0.6 is 0 Å². The zero-order valence-corrected chi connectivity index (χ0v) is 15.3. The Labute approximate surface area is 154 Å². The third kappa shape index (κ3) is 4.75. The molecule has 1 aliphatic heterocycles. The van der Waals surface area contributed by atoms with Gasteiger partial charge >= 0.3 is 12.1 Å². The first-order chi connectivity index (χ1) is 12.7. The fourth-order valence-electron chi connectivity index (χ4n) is 4.26. The molecule has 1 saturated carbocycles. The molecule has 1 heterocycles. The normalized spacial score (nSPS) is 25.8. The average molecular weight is 360 g/mol. The van der Waals surface area contributed by atoms with Crippen molar-refractivity contribution in [1.82, 2.24) is 10.6 Å². The predicted octanol–water partition coefficient (Wildman–Crippen LogP) is 2.62. The van der Waals surface area contributed by atoms with Crippen LogP contribution in [0.15, 0.2) is 30.3 Å². The van der Waals surface area contributed by atoms with Crippen LogP contribution in [0.5, 0.6) is 0 Å². The minimum Gasteiger partial charge on any atom is -0.467 e. The molecule has 1 saturated heterocycles. The van der Waals surface area contributed by atoms with Crippen LogP contribution in [-0.2, 0) is 20.9 Å². The molecular weight excluding hydrogens is 332 g/mol. The highest BCUT2D eigenvalue weighted by molar-refractivity contribution is 5.81. The first-order valence-electron chi connectivity index (χ1n) is 9.46. The summed E-state index contributed by atoms with van der Waals surface area (Å²) in [6.07, 6.45) is 4.91. The summed E-state index contributed by atoms with van der Waals surface area (Å²) in [6.45, 7) is 1.07. The van der Waals surface area contributed by atoms with Gasteiger partial charge in [-0.05, 0) is 43.2 Å². The summed E-state index contributed by atoms with van der Waals surface area (Å²) in [6, 6.07) is 9.35. The van der Waals surface area contributed by atoms with Crippen molar-refractivity contribution in [1.29, 1.82) is 0 Å². The maximum Gasteiger partial charge on any atom is 0.408 e. The van der Waals surface area contributed by atoms with Crippen LogP contribution in [0.25, 0.3) is 0 Å². The number of amides is 1. The van der Waals surface area contributed by atoms with Crippen LogP contribution in [0, 0.1) is 11.8 Å². The minimum atomic E-state index is -0.671. The van der Waals surface area contributed by atoms with Gasteiger partial charge < -0.3 is 20.1 Å². The Morgan fingerprint density at radius 2 is 2.00 bits per heavy atom. The predicted molar refractivity (Wildman–Crippen MR) is 97.4 cm³/mol. The quantitative estimate of drug-likeness (QED) is 0.763. The number of rotatable bonds is 6. The molecule has 2 N–H and O–H groups in total. The second-order valence-corrected chi connectivity index (χ2v) is 7.24. The van der Waals surface area contributed by atoms with Gasteiger partial charge in [0.25, 0.3) is 0 Å². The highest BCUT2D eigenvalue weighted by atomic mass is 16.6. The summed E-state index contributed by atoms with van der Waals surface area (Å²) in [5, 5.41) is 6.27. The van der Waals surface area contributed by atoms with Crippen molar-refractivity contribution < 1.29 is 19.1 Å². The highest BCUT2D eigenvalue weighted by Gasteiger charge is 2.39. The SMILES string of the molecule is COC(=O)C(CC1CNC2CCCCC12)NC(=O)OCc1ccccc1. The number of fused-ring (bicyclic) bond motifs is 1. The second-order valence-electron chi connectivity index (χ2n) is 7.24. The molecule has 3 rings (SSSR count). The first kappa shape index (κ1) is 18.7. The van der Waals surface area contributed by atoms with Crippen LogP contribution in [0.2, 0.25) is 0 Å². The number of carbonyl (C=O) groups excluding carboxylic acids is 2. The van der Waals surface area contributed by atoms with Crippen molar-refractivity contribution in [3.05, 3.63) is 35.9 Å². The summed E-state index contributed by atoms with van der Waals surface area (Å²) in [5.41, 5.74) is 0.905. The van der Waals surface area contributed by atoms with Crippen molar-refractivity contribution in [2.75, 3.05) is 13.7 Å². The fourth-order valence-corrected chi connectivity index (χ4v) is 4.26. The van der Waals surface area contributed by atoms with Gasteiger partial charge in [-0.15, -0.1) is 0 Å². The number of methoxy groups -OCH3 is 1. The lowest BCUT2D eigenvalue weighted by atomic mass is 9.77. The van der Waals surface area contributed by atoms with Crippen LogP contribution < -0.4 is 10.6 Å². The number of nitrogens with one attached hydrogen (secondary N) is 2. The lowest BCUT2D eigenvalue weighted by Gasteiger charge is -2.29. The number of carbonyl (C=O) groups is 2. The van der Waals surface area contributed by atoms with Gasteiger partial charge in [-0.2, -0.15) is 0 Å². The maximum atomic E-state index is 12.2. The van der Waals surface area contributed by atoms with Gasteiger partial charge in [0.1, 0.15) is 12.6 Å². The van der Waals surface area contributed by atoms with Crippen molar-refractivity contribution in [3.8, 4) is 0 Å². The minimum absolute atomic E-state index is 0.177. The smallest absolute Gasteiger partial charge is 0.408 e. The molecule has 2 aliphatic rings. The van der Waals surface area contributed by atoms with Gasteiger partial charge in [0.15, 0.2) is 0 Å². The largest absolute Gasteiger partial charge is 0.467 e. The maximum absolute atomic E-state index is 12.2. The lowest BCUT2D eigenvalue weighted by Crippen LogP contribution is -2.44. The highest BCUT2D eigenvalue weighted by Crippen LogP contribution is 2.36. The summed E-state index contributed by atoms with van der Waals surface area (Å²) < 4.78 is 10.1. The molecule has 1 aromatic carbocycles. The van der Waals surface area contributed by atoms with Crippen molar-refractivity contribution in [2.45, 2.75) is 50.8 Å². The number of hydrogen-bond acceptors (Lipinski definition) is 5. The molecule has 6 nitrogen and oxygen atoms in total. The second kappa shape index (κ2) is 9.03. The third-order valence-corrected chi connectivity index (χ3v) is 5.60. The number of ether oxygens (including phenoxy) is 2. The Bertz CT molecular complexity index is 607. The van der Waals surface area contributed by atoms with Crippen LogP contribution in [0.3, 0.4) is 0 Å². The van der Waals surface area contributed by atoms with Gasteiger partial charge in [0, 0.05) is 6.04 Å². The van der Waals surface area contributed by atoms with Gasteiger partial charge in [-0.3, -0.25) is 0 Å². The zero-order valence-electron chi connectivity index (χ0n) is 15.3. The summed E-state index contributed by atoms with van der Waals surface area (Å²) in [4.78, 5) is 24.3. The van der Waals surface area contributed by atoms with Gasteiger partial charge in [-0.1, -0.05) is 43.2 Å². The third-order valence-electron chi connectivity index (χ3n) is 5.60. The molecule has 6 heteroatoms. The van der Waals surface area contributed by atoms with E-state index in [1.165, 1.54) is 32.8 Å². The van der Waals surface area contributed by atoms with Crippen molar-refractivity contribution in [2.24, 2.45) is 11.8 Å². The summed E-state index contributed by atoms with van der Waals surface area (Å²) in [7, 11) is 1.35. The topological polar surface area (TPSA) is 76.7 Å². The van der Waals surface area contributed by atoms with E-state index >= 15 is 0 Å². The molecule has 2 fully saturated rings. The van der Waals surface area contributed by atoms with E-state index in [0.717, 1.165) is 12.1 Å². The number of alkyl carbamates (subject to hydrolysis) is 1. The van der Waals surface area contributed by atoms with Crippen LogP contribution in [-0.4, -0.2) is 37.8 Å². The van der Waals surface area contributed by atoms with E-state index < -0.39 is 18.1 Å². The van der Waals surface area contributed by atoms with E-state index in [4.69, 9.17) is 9.47 Å². The van der Waals surface area contributed by atoms with Gasteiger partial charge in [0.05, 0.1) is 7.11 Å². The van der Waals surface area contributed by atoms with E-state index in [2.05, 4.69) is 10.6 Å². The van der Waals surface area contributed by atoms with Crippen LogP contribution in [0.1, 0.15) is 37.7 Å². The number of benzene rings is 1. The standard InChI is InChI=1S/C20H28N2O4/c1-25-19(23)18(11-15-12-21-17-10-6-5-9-16(15)17)22-20(24)26-13-14-7-3-2-4-8-14/h2-4,7-8,15-18,21H,5-6,9-13H2,1H3,(H,22,24). The summed E-state index contributed by atoms with van der Waals surface area (Å²) in [5.74, 6) is 0.540. The molecule has 0 bridgehead atoms.